The topological polar surface area (TPSA) is 97.1 Å². The molecule has 1 aromatic carbocycles. The summed E-state index contributed by atoms with van der Waals surface area (Å²) in [4.78, 5) is 29.7. The molecule has 0 bridgehead atoms. The van der Waals surface area contributed by atoms with Crippen molar-refractivity contribution >= 4 is 28.6 Å². The van der Waals surface area contributed by atoms with Crippen molar-refractivity contribution < 1.29 is 27.3 Å². The number of aromatic nitrogens is 2. The number of halogens is 3. The molecule has 0 spiro atoms. The lowest BCUT2D eigenvalue weighted by Gasteiger charge is -2.16. The molecule has 1 saturated carbocycles. The smallest absolute Gasteiger partial charge is 0.343 e. The van der Waals surface area contributed by atoms with Crippen molar-refractivity contribution in [3.63, 3.8) is 0 Å². The lowest BCUT2D eigenvalue weighted by Crippen LogP contribution is -2.33. The summed E-state index contributed by atoms with van der Waals surface area (Å²) in [5.41, 5.74) is 2.52. The molecule has 2 aromatic heterocycles. The van der Waals surface area contributed by atoms with Crippen LogP contribution in [0.15, 0.2) is 34.9 Å². The second-order valence-corrected chi connectivity index (χ2v) is 9.75. The first-order chi connectivity index (χ1) is 15.9. The zero-order valence-corrected chi connectivity index (χ0v) is 19.0. The first-order valence-corrected chi connectivity index (χ1v) is 11.0. The maximum atomic E-state index is 13.3. The van der Waals surface area contributed by atoms with E-state index in [1.54, 1.807) is 6.07 Å². The molecule has 2 heterocycles. The van der Waals surface area contributed by atoms with Gasteiger partial charge in [-0.25, -0.2) is 4.98 Å². The van der Waals surface area contributed by atoms with Gasteiger partial charge in [-0.2, -0.15) is 13.2 Å². The lowest BCUT2D eigenvalue weighted by molar-refractivity contribution is -0.123. The van der Waals surface area contributed by atoms with Crippen LogP contribution >= 0.6 is 0 Å². The first-order valence-electron chi connectivity index (χ1n) is 11.0. The quantitative estimate of drug-likeness (QED) is 0.510. The molecule has 2 amide bonds. The number of carbonyl (C=O) groups is 2. The third kappa shape index (κ3) is 5.73. The fraction of sp³-hybridized carbons (Fsp3) is 0.417. The molecule has 0 atom stereocenters. The molecule has 1 fully saturated rings. The average Bonchev–Trinajstić information content (AvgIpc) is 3.53. The average molecular weight is 474 g/mol. The van der Waals surface area contributed by atoms with Gasteiger partial charge >= 0.3 is 6.18 Å². The van der Waals surface area contributed by atoms with Crippen molar-refractivity contribution in [2.45, 2.75) is 52.1 Å². The number of benzene rings is 1. The Bertz CT molecular complexity index is 1220. The fourth-order valence-electron chi connectivity index (χ4n) is 3.61. The second-order valence-electron chi connectivity index (χ2n) is 9.75. The minimum Gasteiger partial charge on any atom is -0.343 e. The maximum Gasteiger partial charge on any atom is 0.405 e. The minimum atomic E-state index is -4.49. The van der Waals surface area contributed by atoms with Crippen LogP contribution in [-0.4, -0.2) is 34.7 Å². The Labute approximate surface area is 194 Å². The molecular weight excluding hydrogens is 449 g/mol. The predicted octanol–water partition coefficient (Wildman–Crippen LogP) is 5.23. The zero-order chi connectivity index (χ0) is 24.7. The molecule has 2 N–H and O–H groups in total. The van der Waals surface area contributed by atoms with Gasteiger partial charge in [-0.3, -0.25) is 9.59 Å². The van der Waals surface area contributed by atoms with E-state index in [9.17, 15) is 22.8 Å². The number of pyridine rings is 1. The van der Waals surface area contributed by atoms with Crippen LogP contribution in [0.25, 0.3) is 11.1 Å². The van der Waals surface area contributed by atoms with Crippen molar-refractivity contribution in [3.05, 3.63) is 52.8 Å². The van der Waals surface area contributed by atoms with Crippen LogP contribution in [0.4, 0.5) is 18.9 Å². The number of rotatable bonds is 6. The molecule has 0 saturated heterocycles. The van der Waals surface area contributed by atoms with Crippen molar-refractivity contribution in [1.82, 2.24) is 15.5 Å². The highest BCUT2D eigenvalue weighted by molar-refractivity contribution is 6.12. The monoisotopic (exact) mass is 474 g/mol. The number of anilines is 1. The van der Waals surface area contributed by atoms with E-state index in [-0.39, 0.29) is 16.9 Å². The van der Waals surface area contributed by atoms with Gasteiger partial charge in [0.25, 0.3) is 17.5 Å². The van der Waals surface area contributed by atoms with Crippen LogP contribution in [0.3, 0.4) is 0 Å². The molecule has 4 rings (SSSR count). The zero-order valence-electron chi connectivity index (χ0n) is 19.0. The summed E-state index contributed by atoms with van der Waals surface area (Å²) in [5, 5.41) is 9.35. The standard InChI is InChI=1S/C24H25F3N4O3/c1-23(2,3)11-18-19-16(10-17(13-4-5-13)30-22(19)34-31-18)21(33)29-15-8-6-14(7-9-15)20(32)28-12-24(25,26)27/h6-10,13H,4-5,11-12H2,1-3H3,(H,28,32)(H,29,33). The summed E-state index contributed by atoms with van der Waals surface area (Å²) in [7, 11) is 0. The van der Waals surface area contributed by atoms with Gasteiger partial charge in [0.1, 0.15) is 6.54 Å². The molecule has 7 nitrogen and oxygen atoms in total. The van der Waals surface area contributed by atoms with Gasteiger partial charge < -0.3 is 15.2 Å². The van der Waals surface area contributed by atoms with Crippen LogP contribution in [0.2, 0.25) is 0 Å². The molecule has 0 aliphatic heterocycles. The van der Waals surface area contributed by atoms with E-state index in [1.165, 1.54) is 24.3 Å². The predicted molar refractivity (Wildman–Crippen MR) is 120 cm³/mol. The first kappa shape index (κ1) is 23.7. The Kier molecular flexibility index (Phi) is 6.09. The maximum absolute atomic E-state index is 13.3. The lowest BCUT2D eigenvalue weighted by atomic mass is 9.89. The molecular formula is C24H25F3N4O3. The number of nitrogens with zero attached hydrogens (tertiary/aromatic N) is 2. The van der Waals surface area contributed by atoms with Gasteiger partial charge in [-0.15, -0.1) is 0 Å². The highest BCUT2D eigenvalue weighted by atomic mass is 19.4. The molecule has 0 unspecified atom stereocenters. The van der Waals surface area contributed by atoms with Gasteiger partial charge in [0, 0.05) is 22.9 Å². The van der Waals surface area contributed by atoms with Crippen LogP contribution in [0.5, 0.6) is 0 Å². The number of alkyl halides is 3. The number of hydrogen-bond acceptors (Lipinski definition) is 5. The van der Waals surface area contributed by atoms with Gasteiger partial charge in [0.15, 0.2) is 0 Å². The van der Waals surface area contributed by atoms with Crippen LogP contribution < -0.4 is 10.6 Å². The van der Waals surface area contributed by atoms with E-state index in [0.29, 0.717) is 40.4 Å². The molecule has 3 aromatic rings. The van der Waals surface area contributed by atoms with Crippen LogP contribution in [0, 0.1) is 5.41 Å². The second kappa shape index (κ2) is 8.73. The van der Waals surface area contributed by atoms with Crippen LogP contribution in [-0.2, 0) is 6.42 Å². The van der Waals surface area contributed by atoms with Gasteiger partial charge in [0.05, 0.1) is 16.6 Å². The third-order valence-corrected chi connectivity index (χ3v) is 5.33. The molecule has 10 heteroatoms. The van der Waals surface area contributed by atoms with E-state index < -0.39 is 18.6 Å². The highest BCUT2D eigenvalue weighted by Crippen LogP contribution is 2.41. The summed E-state index contributed by atoms with van der Waals surface area (Å²) < 4.78 is 42.4. The Morgan fingerprint density at radius 3 is 2.35 bits per heavy atom. The number of nitrogens with one attached hydrogen (secondary N) is 2. The fourth-order valence-corrected chi connectivity index (χ4v) is 3.61. The van der Waals surface area contributed by atoms with Crippen molar-refractivity contribution in [2.75, 3.05) is 11.9 Å². The number of fused-ring (bicyclic) bond motifs is 1. The summed E-state index contributed by atoms with van der Waals surface area (Å²) in [6, 6.07) is 7.40. The summed E-state index contributed by atoms with van der Waals surface area (Å²) >= 11 is 0. The summed E-state index contributed by atoms with van der Waals surface area (Å²) in [6.45, 7) is 4.77. The number of carbonyl (C=O) groups excluding carboxylic acids is 2. The van der Waals surface area contributed by atoms with Crippen molar-refractivity contribution in [3.8, 4) is 0 Å². The SMILES string of the molecule is CC(C)(C)Cc1noc2nc(C3CC3)cc(C(=O)Nc3ccc(C(=O)NCC(F)(F)F)cc3)c12. The number of hydrogen-bond donors (Lipinski definition) is 2. The van der Waals surface area contributed by atoms with E-state index in [4.69, 9.17) is 4.52 Å². The van der Waals surface area contributed by atoms with Gasteiger partial charge in [-0.05, 0) is 55.0 Å². The van der Waals surface area contributed by atoms with E-state index in [1.807, 2.05) is 5.32 Å². The molecule has 1 aliphatic carbocycles. The van der Waals surface area contributed by atoms with Gasteiger partial charge in [0.2, 0.25) is 0 Å². The number of amides is 2. The Balaban J connectivity index is 1.57. The Morgan fingerprint density at radius 1 is 1.09 bits per heavy atom. The minimum absolute atomic E-state index is 0.0519. The third-order valence-electron chi connectivity index (χ3n) is 5.33. The largest absolute Gasteiger partial charge is 0.405 e. The van der Waals surface area contributed by atoms with E-state index in [0.717, 1.165) is 18.5 Å². The normalized spacial score (nSPS) is 14.3. The highest BCUT2D eigenvalue weighted by Gasteiger charge is 2.30. The Hall–Kier alpha value is -3.43. The Morgan fingerprint density at radius 2 is 1.76 bits per heavy atom. The van der Waals surface area contributed by atoms with Crippen LogP contribution in [0.1, 0.15) is 71.6 Å². The molecule has 34 heavy (non-hydrogen) atoms. The van der Waals surface area contributed by atoms with Crippen molar-refractivity contribution in [1.29, 1.82) is 0 Å². The molecule has 0 radical (unpaired) electrons. The van der Waals surface area contributed by atoms with E-state index >= 15 is 0 Å². The van der Waals surface area contributed by atoms with Crippen molar-refractivity contribution in [2.24, 2.45) is 5.41 Å². The molecule has 180 valence electrons. The molecule has 1 aliphatic rings. The van der Waals surface area contributed by atoms with E-state index in [2.05, 4.69) is 36.2 Å². The summed E-state index contributed by atoms with van der Waals surface area (Å²) in [6.07, 6.45) is -1.90. The van der Waals surface area contributed by atoms with Gasteiger partial charge in [-0.1, -0.05) is 25.9 Å². The summed E-state index contributed by atoms with van der Waals surface area (Å²) in [5.74, 6) is -0.944.